The summed E-state index contributed by atoms with van der Waals surface area (Å²) in [6, 6.07) is 14.5. The second-order valence-electron chi connectivity index (χ2n) is 4.05. The van der Waals surface area contributed by atoms with Crippen molar-refractivity contribution >= 4 is 5.97 Å². The van der Waals surface area contributed by atoms with E-state index in [2.05, 4.69) is 0 Å². The predicted octanol–water partition coefficient (Wildman–Crippen LogP) is 3.27. The number of carboxylic acids is 1. The zero-order valence-electron chi connectivity index (χ0n) is 10.1. The van der Waals surface area contributed by atoms with Gasteiger partial charge in [0.25, 0.3) is 0 Å². The first-order valence-corrected chi connectivity index (χ1v) is 5.67. The lowest BCUT2D eigenvalue weighted by Gasteiger charge is -2.08. The van der Waals surface area contributed by atoms with E-state index in [-0.39, 0.29) is 5.56 Å². The van der Waals surface area contributed by atoms with Gasteiger partial charge in [0.1, 0.15) is 12.4 Å². The van der Waals surface area contributed by atoms with Gasteiger partial charge in [-0.1, -0.05) is 30.3 Å². The van der Waals surface area contributed by atoms with Crippen molar-refractivity contribution in [1.29, 1.82) is 0 Å². The Morgan fingerprint density at radius 3 is 2.67 bits per heavy atom. The third-order valence-corrected chi connectivity index (χ3v) is 2.74. The molecule has 2 rings (SSSR count). The molecule has 0 aromatic heterocycles. The van der Waals surface area contributed by atoms with Crippen LogP contribution in [-0.2, 0) is 6.61 Å². The Morgan fingerprint density at radius 1 is 1.17 bits per heavy atom. The minimum atomic E-state index is -0.948. The van der Waals surface area contributed by atoms with Gasteiger partial charge in [-0.3, -0.25) is 0 Å². The summed E-state index contributed by atoms with van der Waals surface area (Å²) in [6.45, 7) is 2.46. The van der Waals surface area contributed by atoms with E-state index in [0.29, 0.717) is 12.4 Å². The Bertz CT molecular complexity index is 561. The zero-order chi connectivity index (χ0) is 13.0. The fourth-order valence-electron chi connectivity index (χ4n) is 1.65. The lowest BCUT2D eigenvalue weighted by molar-refractivity contribution is 0.0696. The van der Waals surface area contributed by atoms with Gasteiger partial charge in [0.2, 0.25) is 0 Å². The fraction of sp³-hybridized carbons (Fsp3) is 0.133. The highest BCUT2D eigenvalue weighted by Crippen LogP contribution is 2.16. The Kier molecular flexibility index (Phi) is 3.63. The second-order valence-corrected chi connectivity index (χ2v) is 4.05. The van der Waals surface area contributed by atoms with Crippen molar-refractivity contribution in [3.63, 3.8) is 0 Å². The standard InChI is InChI=1S/C15H14O3/c1-11-5-2-3-6-13(11)10-18-14-8-4-7-12(9-14)15(16)17/h2-9H,10H2,1H3,(H,16,17). The van der Waals surface area contributed by atoms with Crippen molar-refractivity contribution in [2.45, 2.75) is 13.5 Å². The van der Waals surface area contributed by atoms with Crippen molar-refractivity contribution in [1.82, 2.24) is 0 Å². The van der Waals surface area contributed by atoms with E-state index in [1.54, 1.807) is 18.2 Å². The lowest BCUT2D eigenvalue weighted by atomic mass is 10.1. The van der Waals surface area contributed by atoms with Crippen molar-refractivity contribution in [3.05, 3.63) is 65.2 Å². The molecule has 0 saturated heterocycles. The molecule has 0 aliphatic carbocycles. The highest BCUT2D eigenvalue weighted by Gasteiger charge is 2.04. The summed E-state index contributed by atoms with van der Waals surface area (Å²) in [5, 5.41) is 8.88. The minimum Gasteiger partial charge on any atom is -0.489 e. The summed E-state index contributed by atoms with van der Waals surface area (Å²) in [4.78, 5) is 10.8. The summed E-state index contributed by atoms with van der Waals surface area (Å²) in [6.07, 6.45) is 0. The zero-order valence-corrected chi connectivity index (χ0v) is 10.1. The van der Waals surface area contributed by atoms with E-state index < -0.39 is 5.97 Å². The van der Waals surface area contributed by atoms with Crippen molar-refractivity contribution < 1.29 is 14.6 Å². The number of carbonyl (C=O) groups is 1. The van der Waals surface area contributed by atoms with Crippen LogP contribution in [0.2, 0.25) is 0 Å². The maximum absolute atomic E-state index is 10.8. The van der Waals surface area contributed by atoms with Crippen LogP contribution in [0.5, 0.6) is 5.75 Å². The van der Waals surface area contributed by atoms with E-state index in [0.717, 1.165) is 11.1 Å². The van der Waals surface area contributed by atoms with E-state index in [4.69, 9.17) is 9.84 Å². The van der Waals surface area contributed by atoms with Crippen molar-refractivity contribution in [2.24, 2.45) is 0 Å². The number of aromatic carboxylic acids is 1. The molecular weight excluding hydrogens is 228 g/mol. The normalized spacial score (nSPS) is 10.1. The summed E-state index contributed by atoms with van der Waals surface area (Å²) >= 11 is 0. The van der Waals surface area contributed by atoms with Gasteiger partial charge >= 0.3 is 5.97 Å². The molecule has 0 amide bonds. The third-order valence-electron chi connectivity index (χ3n) is 2.74. The molecule has 3 heteroatoms. The number of hydrogen-bond acceptors (Lipinski definition) is 2. The molecule has 0 fully saturated rings. The van der Waals surface area contributed by atoms with Crippen LogP contribution in [0.15, 0.2) is 48.5 Å². The maximum Gasteiger partial charge on any atom is 0.335 e. The molecular formula is C15H14O3. The van der Waals surface area contributed by atoms with E-state index in [1.165, 1.54) is 6.07 Å². The minimum absolute atomic E-state index is 0.234. The molecule has 0 heterocycles. The van der Waals surface area contributed by atoms with Crippen LogP contribution in [0.3, 0.4) is 0 Å². The quantitative estimate of drug-likeness (QED) is 0.895. The number of rotatable bonds is 4. The molecule has 1 N–H and O–H groups in total. The largest absolute Gasteiger partial charge is 0.489 e. The Labute approximate surface area is 106 Å². The molecule has 0 saturated carbocycles. The summed E-state index contributed by atoms with van der Waals surface area (Å²) < 4.78 is 5.60. The van der Waals surface area contributed by atoms with E-state index >= 15 is 0 Å². The molecule has 2 aromatic rings. The van der Waals surface area contributed by atoms with E-state index in [1.807, 2.05) is 31.2 Å². The van der Waals surface area contributed by atoms with Gasteiger partial charge in [-0.15, -0.1) is 0 Å². The van der Waals surface area contributed by atoms with Crippen LogP contribution in [0, 0.1) is 6.92 Å². The van der Waals surface area contributed by atoms with Crippen LogP contribution >= 0.6 is 0 Å². The van der Waals surface area contributed by atoms with Crippen LogP contribution < -0.4 is 4.74 Å². The molecule has 0 spiro atoms. The molecule has 0 aliphatic rings. The Morgan fingerprint density at radius 2 is 1.94 bits per heavy atom. The summed E-state index contributed by atoms with van der Waals surface area (Å²) in [5.41, 5.74) is 2.49. The van der Waals surface area contributed by atoms with Crippen LogP contribution in [0.1, 0.15) is 21.5 Å². The highest BCUT2D eigenvalue weighted by atomic mass is 16.5. The van der Waals surface area contributed by atoms with Gasteiger partial charge in [0.05, 0.1) is 5.56 Å². The molecule has 2 aromatic carbocycles. The smallest absolute Gasteiger partial charge is 0.335 e. The highest BCUT2D eigenvalue weighted by molar-refractivity contribution is 5.87. The summed E-state index contributed by atoms with van der Waals surface area (Å²) in [5.74, 6) is -0.380. The molecule has 0 unspecified atom stereocenters. The number of ether oxygens (including phenoxy) is 1. The van der Waals surface area contributed by atoms with Crippen LogP contribution in [0.25, 0.3) is 0 Å². The molecule has 0 bridgehead atoms. The SMILES string of the molecule is Cc1ccccc1COc1cccc(C(=O)O)c1. The molecule has 0 atom stereocenters. The molecule has 92 valence electrons. The average molecular weight is 242 g/mol. The first kappa shape index (κ1) is 12.2. The Balaban J connectivity index is 2.09. The van der Waals surface area contributed by atoms with Gasteiger partial charge < -0.3 is 9.84 Å². The maximum atomic E-state index is 10.8. The molecule has 0 aliphatic heterocycles. The first-order chi connectivity index (χ1) is 8.66. The molecule has 0 radical (unpaired) electrons. The van der Waals surface area contributed by atoms with E-state index in [9.17, 15) is 4.79 Å². The van der Waals surface area contributed by atoms with Gasteiger partial charge in [-0.25, -0.2) is 4.79 Å². The number of carboxylic acid groups (broad SMARTS) is 1. The predicted molar refractivity (Wildman–Crippen MR) is 68.9 cm³/mol. The van der Waals surface area contributed by atoms with Crippen molar-refractivity contribution in [2.75, 3.05) is 0 Å². The lowest BCUT2D eigenvalue weighted by Crippen LogP contribution is -2.00. The van der Waals surface area contributed by atoms with Gasteiger partial charge in [-0.05, 0) is 36.2 Å². The van der Waals surface area contributed by atoms with Crippen LogP contribution in [-0.4, -0.2) is 11.1 Å². The second kappa shape index (κ2) is 5.36. The number of benzene rings is 2. The van der Waals surface area contributed by atoms with Gasteiger partial charge in [0, 0.05) is 0 Å². The molecule has 3 nitrogen and oxygen atoms in total. The monoisotopic (exact) mass is 242 g/mol. The number of aryl methyl sites for hydroxylation is 1. The Hall–Kier alpha value is -2.29. The van der Waals surface area contributed by atoms with Crippen molar-refractivity contribution in [3.8, 4) is 5.75 Å². The molecule has 18 heavy (non-hydrogen) atoms. The first-order valence-electron chi connectivity index (χ1n) is 5.67. The van der Waals surface area contributed by atoms with Gasteiger partial charge in [-0.2, -0.15) is 0 Å². The third kappa shape index (κ3) is 2.88. The number of hydrogen-bond donors (Lipinski definition) is 1. The topological polar surface area (TPSA) is 46.5 Å². The van der Waals surface area contributed by atoms with Gasteiger partial charge in [0.15, 0.2) is 0 Å². The fourth-order valence-corrected chi connectivity index (χ4v) is 1.65. The summed E-state index contributed by atoms with van der Waals surface area (Å²) in [7, 11) is 0. The average Bonchev–Trinajstić information content (AvgIpc) is 2.38. The van der Waals surface area contributed by atoms with Crippen LogP contribution in [0.4, 0.5) is 0 Å².